The van der Waals surface area contributed by atoms with Crippen LogP contribution in [0.2, 0.25) is 0 Å². The first-order valence-corrected chi connectivity index (χ1v) is 14.2. The maximum atomic E-state index is 12.9. The number of hydrogen-bond donors (Lipinski definition) is 2. The third-order valence-electron chi connectivity index (χ3n) is 6.75. The largest absolute Gasteiger partial charge is 0.497 e. The van der Waals surface area contributed by atoms with E-state index in [4.69, 9.17) is 4.74 Å². The molecule has 208 valence electrons. The lowest BCUT2D eigenvalue weighted by molar-refractivity contribution is -0.113. The molecule has 0 aliphatic rings. The molecule has 6 aromatic rings. The number of aromatic amines is 1. The van der Waals surface area contributed by atoms with Crippen molar-refractivity contribution in [1.29, 1.82) is 0 Å². The van der Waals surface area contributed by atoms with Crippen molar-refractivity contribution in [2.45, 2.75) is 12.1 Å². The van der Waals surface area contributed by atoms with Gasteiger partial charge in [0.05, 0.1) is 24.2 Å². The van der Waals surface area contributed by atoms with Crippen molar-refractivity contribution in [3.05, 3.63) is 103 Å². The fourth-order valence-corrected chi connectivity index (χ4v) is 5.36. The van der Waals surface area contributed by atoms with Crippen LogP contribution < -0.4 is 10.1 Å². The van der Waals surface area contributed by atoms with Crippen LogP contribution in [0.4, 0.5) is 5.69 Å². The summed E-state index contributed by atoms with van der Waals surface area (Å²) in [4.78, 5) is 24.4. The smallest absolute Gasteiger partial charge is 0.234 e. The molecule has 0 saturated carbocycles. The van der Waals surface area contributed by atoms with Gasteiger partial charge < -0.3 is 10.1 Å². The Morgan fingerprint density at radius 2 is 1.69 bits per heavy atom. The topological polar surface area (TPSA) is 115 Å². The second kappa shape index (κ2) is 11.7. The van der Waals surface area contributed by atoms with E-state index in [1.165, 1.54) is 18.7 Å². The Morgan fingerprint density at radius 3 is 2.45 bits per heavy atom. The van der Waals surface area contributed by atoms with Gasteiger partial charge in [-0.05, 0) is 73.0 Å². The number of rotatable bonds is 9. The number of fused-ring (bicyclic) bond motifs is 1. The number of methoxy groups -OCH3 is 1. The van der Waals surface area contributed by atoms with Gasteiger partial charge in [-0.15, -0.1) is 10.2 Å². The second-order valence-electron chi connectivity index (χ2n) is 9.51. The first-order chi connectivity index (χ1) is 20.5. The van der Waals surface area contributed by atoms with Crippen LogP contribution >= 0.6 is 11.8 Å². The fourth-order valence-electron chi connectivity index (χ4n) is 4.62. The van der Waals surface area contributed by atoms with Gasteiger partial charge in [0.15, 0.2) is 16.8 Å². The third-order valence-corrected chi connectivity index (χ3v) is 7.68. The van der Waals surface area contributed by atoms with Crippen molar-refractivity contribution >= 4 is 39.9 Å². The molecule has 0 aliphatic carbocycles. The van der Waals surface area contributed by atoms with Gasteiger partial charge >= 0.3 is 0 Å². The molecular weight excluding hydrogens is 548 g/mol. The monoisotopic (exact) mass is 574 g/mol. The summed E-state index contributed by atoms with van der Waals surface area (Å²) < 4.78 is 7.23. The molecule has 2 N–H and O–H groups in total. The van der Waals surface area contributed by atoms with Gasteiger partial charge in [-0.3, -0.25) is 19.3 Å². The van der Waals surface area contributed by atoms with E-state index in [9.17, 15) is 9.59 Å². The summed E-state index contributed by atoms with van der Waals surface area (Å²) in [5, 5.41) is 22.2. The molecule has 0 atom stereocenters. The van der Waals surface area contributed by atoms with Crippen LogP contribution in [0, 0.1) is 0 Å². The predicted octanol–water partition coefficient (Wildman–Crippen LogP) is 6.42. The van der Waals surface area contributed by atoms with E-state index in [-0.39, 0.29) is 17.4 Å². The van der Waals surface area contributed by atoms with Crippen LogP contribution in [-0.4, -0.2) is 49.5 Å². The zero-order valence-electron chi connectivity index (χ0n) is 22.9. The molecule has 6 rings (SSSR count). The number of nitrogens with zero attached hydrogens (tertiary/aromatic N) is 4. The lowest BCUT2D eigenvalue weighted by Gasteiger charge is -2.12. The highest BCUT2D eigenvalue weighted by Gasteiger charge is 2.21. The molecule has 4 aromatic carbocycles. The number of nitrogens with one attached hydrogen (secondary N) is 2. The van der Waals surface area contributed by atoms with E-state index < -0.39 is 0 Å². The van der Waals surface area contributed by atoms with Gasteiger partial charge in [-0.25, -0.2) is 0 Å². The number of Topliss-reactive ketones (excluding diaryl/α,β-unsaturated/α-hetero) is 1. The number of ketones is 1. The molecule has 0 aliphatic heterocycles. The lowest BCUT2D eigenvalue weighted by Crippen LogP contribution is -2.14. The number of aromatic nitrogens is 5. The maximum absolute atomic E-state index is 12.9. The van der Waals surface area contributed by atoms with E-state index >= 15 is 0 Å². The Hall–Kier alpha value is -5.22. The average Bonchev–Trinajstić information content (AvgIpc) is 3.68. The van der Waals surface area contributed by atoms with Gasteiger partial charge in [-0.2, -0.15) is 5.10 Å². The molecule has 9 nitrogen and oxygen atoms in total. The Bertz CT molecular complexity index is 1890. The van der Waals surface area contributed by atoms with Crippen LogP contribution in [0.1, 0.15) is 17.3 Å². The van der Waals surface area contributed by atoms with Crippen molar-refractivity contribution < 1.29 is 14.3 Å². The Kier molecular flexibility index (Phi) is 7.52. The first-order valence-electron chi connectivity index (χ1n) is 13.2. The molecule has 0 radical (unpaired) electrons. The molecule has 0 unspecified atom stereocenters. The van der Waals surface area contributed by atoms with Crippen molar-refractivity contribution in [3.8, 4) is 34.2 Å². The van der Waals surface area contributed by atoms with Gasteiger partial charge in [0.2, 0.25) is 5.91 Å². The SMILES string of the molecule is COc1ccc(-c2cc(-c3nnc(SCC(=O)Nc4ccc(C(C)=O)cc4)n3-c3cccc4ccccc34)[nH]n2)cc1. The van der Waals surface area contributed by atoms with Crippen molar-refractivity contribution in [1.82, 2.24) is 25.0 Å². The standard InChI is InChI=1S/C32H26N6O3S/c1-20(39)21-10-14-24(15-11-21)33-30(40)19-42-32-37-36-31(38(32)29-9-5-7-22-6-3-4-8-26(22)29)28-18-27(34-35-28)23-12-16-25(41-2)17-13-23/h3-18H,19H2,1-2H3,(H,33,40)(H,34,35). The van der Waals surface area contributed by atoms with Crippen LogP contribution in [0.15, 0.2) is 102 Å². The van der Waals surface area contributed by atoms with Crippen LogP contribution in [0.3, 0.4) is 0 Å². The van der Waals surface area contributed by atoms with E-state index in [1.807, 2.05) is 59.2 Å². The molecule has 2 aromatic heterocycles. The molecule has 42 heavy (non-hydrogen) atoms. The number of H-pyrrole nitrogens is 1. The predicted molar refractivity (Wildman–Crippen MR) is 164 cm³/mol. The highest BCUT2D eigenvalue weighted by atomic mass is 32.2. The van der Waals surface area contributed by atoms with Crippen molar-refractivity contribution in [3.63, 3.8) is 0 Å². The first kappa shape index (κ1) is 27.0. The number of amides is 1. The molecule has 0 saturated heterocycles. The summed E-state index contributed by atoms with van der Waals surface area (Å²) in [6.07, 6.45) is 0. The van der Waals surface area contributed by atoms with E-state index in [2.05, 4.69) is 43.9 Å². The molecule has 2 heterocycles. The molecule has 1 amide bonds. The minimum atomic E-state index is -0.201. The van der Waals surface area contributed by atoms with Crippen LogP contribution in [0.5, 0.6) is 5.75 Å². The Labute approximate surface area is 245 Å². The normalized spacial score (nSPS) is 11.0. The van der Waals surface area contributed by atoms with Gasteiger partial charge in [0, 0.05) is 22.2 Å². The van der Waals surface area contributed by atoms with Gasteiger partial charge in [0.1, 0.15) is 11.4 Å². The zero-order valence-corrected chi connectivity index (χ0v) is 23.7. The summed E-state index contributed by atoms with van der Waals surface area (Å²) in [6, 6.07) is 30.6. The minimum Gasteiger partial charge on any atom is -0.497 e. The molecule has 0 bridgehead atoms. The highest BCUT2D eigenvalue weighted by molar-refractivity contribution is 7.99. The van der Waals surface area contributed by atoms with Crippen LogP contribution in [-0.2, 0) is 4.79 Å². The minimum absolute atomic E-state index is 0.0274. The van der Waals surface area contributed by atoms with Crippen molar-refractivity contribution in [2.24, 2.45) is 0 Å². The molecule has 0 spiro atoms. The maximum Gasteiger partial charge on any atom is 0.234 e. The summed E-state index contributed by atoms with van der Waals surface area (Å²) in [6.45, 7) is 1.51. The molecular formula is C32H26N6O3S. The number of thioether (sulfide) groups is 1. The number of carbonyl (C=O) groups is 2. The number of carbonyl (C=O) groups excluding carboxylic acids is 2. The molecule has 0 fully saturated rings. The number of anilines is 1. The third kappa shape index (κ3) is 5.52. The Balaban J connectivity index is 1.32. The van der Waals surface area contributed by atoms with Gasteiger partial charge in [0.25, 0.3) is 0 Å². The second-order valence-corrected chi connectivity index (χ2v) is 10.4. The fraction of sp³-hybridized carbons (Fsp3) is 0.0938. The summed E-state index contributed by atoms with van der Waals surface area (Å²) in [7, 11) is 1.63. The summed E-state index contributed by atoms with van der Waals surface area (Å²) >= 11 is 1.28. The average molecular weight is 575 g/mol. The lowest BCUT2D eigenvalue weighted by atomic mass is 10.1. The molecule has 10 heteroatoms. The van der Waals surface area contributed by atoms with E-state index in [0.29, 0.717) is 27.9 Å². The quantitative estimate of drug-likeness (QED) is 0.151. The van der Waals surface area contributed by atoms with E-state index in [0.717, 1.165) is 33.5 Å². The van der Waals surface area contributed by atoms with Crippen molar-refractivity contribution in [2.75, 3.05) is 18.2 Å². The van der Waals surface area contributed by atoms with Crippen LogP contribution in [0.25, 0.3) is 39.2 Å². The highest BCUT2D eigenvalue weighted by Crippen LogP contribution is 2.33. The number of hydrogen-bond acceptors (Lipinski definition) is 7. The summed E-state index contributed by atoms with van der Waals surface area (Å²) in [5.74, 6) is 1.22. The zero-order chi connectivity index (χ0) is 29.1. The van der Waals surface area contributed by atoms with Gasteiger partial charge in [-0.1, -0.05) is 48.2 Å². The number of benzene rings is 4. The Morgan fingerprint density at radius 1 is 0.929 bits per heavy atom. The van der Waals surface area contributed by atoms with E-state index in [1.54, 1.807) is 31.4 Å². The number of ether oxygens (including phenoxy) is 1. The summed E-state index contributed by atoms with van der Waals surface area (Å²) in [5.41, 5.74) is 4.46.